The second kappa shape index (κ2) is 37.9. The molecule has 330 valence electrons. The molecule has 0 aromatic heterocycles. The first-order valence-corrected chi connectivity index (χ1v) is 21.3. The molecule has 0 bridgehead atoms. The normalized spacial score (nSPS) is 9.05. The van der Waals surface area contributed by atoms with Crippen LogP contribution in [-0.4, -0.2) is 12.9 Å². The molecule has 7 aromatic carbocycles. The van der Waals surface area contributed by atoms with E-state index in [4.69, 9.17) is 4.74 Å². The Morgan fingerprint density at radius 1 is 0.413 bits per heavy atom. The van der Waals surface area contributed by atoms with E-state index in [1.165, 1.54) is 71.9 Å². The van der Waals surface area contributed by atoms with Crippen molar-refractivity contribution in [1.82, 2.24) is 0 Å². The molecule has 7 rings (SSSR count). The highest BCUT2D eigenvalue weighted by Crippen LogP contribution is 2.17. The predicted molar refractivity (Wildman–Crippen MR) is 261 cm³/mol. The Labute approximate surface area is 376 Å². The lowest BCUT2D eigenvalue weighted by Crippen LogP contribution is -1.87. The fourth-order valence-corrected chi connectivity index (χ4v) is 5.10. The number of rotatable bonds is 12. The van der Waals surface area contributed by atoms with Crippen LogP contribution < -0.4 is 14.2 Å². The number of hydrogen-bond donors (Lipinski definition) is 0. The Bertz CT molecular complexity index is 1930. The van der Waals surface area contributed by atoms with E-state index < -0.39 is 0 Å². The minimum absolute atomic E-state index is 0.178. The molecule has 0 saturated carbocycles. The van der Waals surface area contributed by atoms with Crippen LogP contribution in [0.15, 0.2) is 213 Å². The topological polar surface area (TPSA) is 61.8 Å². The molecule has 5 nitrogen and oxygen atoms in total. The standard InChI is InChI=1S/C12H18.C10H14.C9H8O3.C7H6O2.C7H8.C6H5F.C6H6/c1-3-5-11-7-9-12(6-4-2)10-8-11;1-3-9-5-7-10(4-2)8-6-9;1-2-11-8-3-5-9(6-4-8)12-7-10;8-6-9-7-4-2-1-3-5-7;1-7-5-3-2-4-6-7;7-6-4-2-1-3-5-6;1-2-4-6-5-3-1/h7-10H,3-6H2,1-2H3;5-8H,3-4H2,1-2H3;2-7H,1H2;1-6H;2-6H,1H3;1-5H;1-6H. The van der Waals surface area contributed by atoms with Gasteiger partial charge in [0.05, 0.1) is 6.26 Å². The van der Waals surface area contributed by atoms with E-state index in [1.54, 1.807) is 66.7 Å². The monoisotopic (exact) mass is 848 g/mol. The zero-order valence-electron chi connectivity index (χ0n) is 37.7. The van der Waals surface area contributed by atoms with E-state index in [2.05, 4.69) is 111 Å². The third-order valence-electron chi connectivity index (χ3n) is 8.43. The van der Waals surface area contributed by atoms with Crippen LogP contribution in [0.2, 0.25) is 0 Å². The molecule has 0 aliphatic carbocycles. The Morgan fingerprint density at radius 2 is 0.714 bits per heavy atom. The summed E-state index contributed by atoms with van der Waals surface area (Å²) in [4.78, 5) is 19.7. The first-order chi connectivity index (χ1) is 30.8. The molecular formula is C57H65FO5. The number of carbonyl (C=O) groups is 2. The van der Waals surface area contributed by atoms with E-state index >= 15 is 0 Å². The van der Waals surface area contributed by atoms with E-state index in [1.807, 2.05) is 60.7 Å². The zero-order chi connectivity index (χ0) is 46.0. The van der Waals surface area contributed by atoms with Gasteiger partial charge in [0.25, 0.3) is 12.9 Å². The second-order valence-electron chi connectivity index (χ2n) is 13.4. The summed E-state index contributed by atoms with van der Waals surface area (Å²) in [6.07, 6.45) is 8.53. The van der Waals surface area contributed by atoms with Crippen molar-refractivity contribution in [3.8, 4) is 17.2 Å². The van der Waals surface area contributed by atoms with Crippen LogP contribution in [0, 0.1) is 12.7 Å². The summed E-state index contributed by atoms with van der Waals surface area (Å²) in [5.74, 6) is 1.54. The van der Waals surface area contributed by atoms with Crippen LogP contribution in [0.1, 0.15) is 68.4 Å². The minimum Gasteiger partial charge on any atom is -0.466 e. The first kappa shape index (κ1) is 54.0. The molecule has 7 aromatic rings. The van der Waals surface area contributed by atoms with Crippen LogP contribution in [-0.2, 0) is 35.3 Å². The molecular weight excluding hydrogens is 784 g/mol. The number of halogens is 1. The summed E-state index contributed by atoms with van der Waals surface area (Å²) in [6.45, 7) is 15.1. The lowest BCUT2D eigenvalue weighted by atomic mass is 10.1. The van der Waals surface area contributed by atoms with Gasteiger partial charge in [-0.2, -0.15) is 0 Å². The summed E-state index contributed by atoms with van der Waals surface area (Å²) < 4.78 is 26.0. The summed E-state index contributed by atoms with van der Waals surface area (Å²) in [6, 6.07) is 63.6. The Kier molecular flexibility index (Phi) is 32.5. The maximum absolute atomic E-state index is 11.9. The van der Waals surface area contributed by atoms with E-state index in [9.17, 15) is 14.0 Å². The molecule has 0 N–H and O–H groups in total. The van der Waals surface area contributed by atoms with Crippen molar-refractivity contribution in [3.05, 3.63) is 247 Å². The van der Waals surface area contributed by atoms with Crippen LogP contribution in [0.25, 0.3) is 0 Å². The highest BCUT2D eigenvalue weighted by atomic mass is 19.1. The van der Waals surface area contributed by atoms with Gasteiger partial charge in [-0.1, -0.05) is 204 Å². The predicted octanol–water partition coefficient (Wildman–Crippen LogP) is 14.9. The number of hydrogen-bond acceptors (Lipinski definition) is 5. The number of ether oxygens (including phenoxy) is 3. The average Bonchev–Trinajstić information content (AvgIpc) is 3.33. The Balaban J connectivity index is 0.000000372. The summed E-state index contributed by atoms with van der Waals surface area (Å²) in [7, 11) is 0. The van der Waals surface area contributed by atoms with Gasteiger partial charge in [-0.05, 0) is 103 Å². The Hall–Kier alpha value is -7.05. The van der Waals surface area contributed by atoms with Crippen LogP contribution in [0.4, 0.5) is 4.39 Å². The molecule has 0 unspecified atom stereocenters. The largest absolute Gasteiger partial charge is 0.466 e. The maximum Gasteiger partial charge on any atom is 0.298 e. The molecule has 0 radical (unpaired) electrons. The molecule has 63 heavy (non-hydrogen) atoms. The quantitative estimate of drug-likeness (QED) is 0.0905. The van der Waals surface area contributed by atoms with Crippen molar-refractivity contribution in [2.75, 3.05) is 0 Å². The van der Waals surface area contributed by atoms with Crippen molar-refractivity contribution in [1.29, 1.82) is 0 Å². The van der Waals surface area contributed by atoms with Gasteiger partial charge in [-0.15, -0.1) is 0 Å². The lowest BCUT2D eigenvalue weighted by Gasteiger charge is -2.01. The van der Waals surface area contributed by atoms with E-state index in [0.29, 0.717) is 30.2 Å². The molecule has 0 spiro atoms. The SMILES string of the molecule is C=COc1ccc(OC=O)cc1.CCCc1ccc(CCC)cc1.CCc1ccc(CC)cc1.Cc1ccccc1.Fc1ccccc1.O=COc1ccccc1.c1ccccc1. The zero-order valence-corrected chi connectivity index (χ0v) is 37.7. The van der Waals surface area contributed by atoms with Gasteiger partial charge in [-0.3, -0.25) is 9.59 Å². The van der Waals surface area contributed by atoms with E-state index in [-0.39, 0.29) is 5.82 Å². The second-order valence-corrected chi connectivity index (χ2v) is 13.4. The van der Waals surface area contributed by atoms with Gasteiger partial charge in [0, 0.05) is 0 Å². The van der Waals surface area contributed by atoms with Crippen molar-refractivity contribution < 1.29 is 28.2 Å². The number of para-hydroxylation sites is 1. The lowest BCUT2D eigenvalue weighted by molar-refractivity contribution is -0.121. The number of benzene rings is 7. The molecule has 0 aliphatic heterocycles. The number of carbonyl (C=O) groups excluding carboxylic acids is 2. The Morgan fingerprint density at radius 3 is 0.984 bits per heavy atom. The summed E-state index contributed by atoms with van der Waals surface area (Å²) in [5.41, 5.74) is 7.12. The average molecular weight is 849 g/mol. The van der Waals surface area contributed by atoms with Gasteiger partial charge in [0.1, 0.15) is 23.1 Å². The van der Waals surface area contributed by atoms with Crippen molar-refractivity contribution in [2.45, 2.75) is 73.1 Å². The third kappa shape index (κ3) is 29.8. The fraction of sp³-hybridized carbons (Fsp3) is 0.193. The maximum atomic E-state index is 11.9. The van der Waals surface area contributed by atoms with E-state index in [0.717, 1.165) is 12.8 Å². The van der Waals surface area contributed by atoms with Gasteiger partial charge in [0.15, 0.2) is 0 Å². The molecule has 0 fully saturated rings. The highest BCUT2D eigenvalue weighted by molar-refractivity contribution is 5.46. The molecule has 0 atom stereocenters. The fourth-order valence-electron chi connectivity index (χ4n) is 5.10. The first-order valence-electron chi connectivity index (χ1n) is 21.3. The summed E-state index contributed by atoms with van der Waals surface area (Å²) in [5, 5.41) is 0. The van der Waals surface area contributed by atoms with Crippen molar-refractivity contribution in [2.24, 2.45) is 0 Å². The van der Waals surface area contributed by atoms with Crippen LogP contribution >= 0.6 is 0 Å². The van der Waals surface area contributed by atoms with Gasteiger partial charge in [-0.25, -0.2) is 4.39 Å². The minimum atomic E-state index is -0.178. The molecule has 0 aliphatic rings. The molecule has 0 saturated heterocycles. The van der Waals surface area contributed by atoms with Crippen molar-refractivity contribution >= 4 is 12.9 Å². The summed E-state index contributed by atoms with van der Waals surface area (Å²) >= 11 is 0. The third-order valence-corrected chi connectivity index (χ3v) is 8.43. The molecule has 6 heteroatoms. The van der Waals surface area contributed by atoms with Gasteiger partial charge >= 0.3 is 0 Å². The van der Waals surface area contributed by atoms with Crippen LogP contribution in [0.5, 0.6) is 17.2 Å². The van der Waals surface area contributed by atoms with Gasteiger partial charge < -0.3 is 14.2 Å². The molecule has 0 amide bonds. The van der Waals surface area contributed by atoms with Crippen LogP contribution in [0.3, 0.4) is 0 Å². The molecule has 0 heterocycles. The number of aryl methyl sites for hydroxylation is 5. The highest BCUT2D eigenvalue weighted by Gasteiger charge is 1.94. The van der Waals surface area contributed by atoms with Gasteiger partial charge in [0.2, 0.25) is 0 Å². The smallest absolute Gasteiger partial charge is 0.298 e. The van der Waals surface area contributed by atoms with Crippen molar-refractivity contribution in [3.63, 3.8) is 0 Å².